The Labute approximate surface area is 160 Å². The van der Waals surface area contributed by atoms with Crippen LogP contribution in [0.5, 0.6) is 0 Å². The number of carbonyl (C=O) groups excluding carboxylic acids is 2. The van der Waals surface area contributed by atoms with Gasteiger partial charge >= 0.3 is 0 Å². The maximum Gasteiger partial charge on any atom is 0.293 e. The van der Waals surface area contributed by atoms with Crippen molar-refractivity contribution in [3.63, 3.8) is 0 Å². The van der Waals surface area contributed by atoms with Gasteiger partial charge in [-0.3, -0.25) is 14.9 Å². The van der Waals surface area contributed by atoms with Gasteiger partial charge in [-0.15, -0.1) is 0 Å². The number of carbonyl (C=O) groups is 2. The molecule has 0 bridgehead atoms. The lowest BCUT2D eigenvalue weighted by Gasteiger charge is -2.26. The van der Waals surface area contributed by atoms with E-state index in [-0.39, 0.29) is 17.6 Å². The Bertz CT molecular complexity index is 978. The molecule has 0 atom stereocenters. The number of anilines is 1. The van der Waals surface area contributed by atoms with E-state index in [0.717, 1.165) is 21.7 Å². The molecule has 3 aromatic rings. The van der Waals surface area contributed by atoms with Crippen LogP contribution in [0.3, 0.4) is 0 Å². The standard InChI is InChI=1S/C20H19N3O3S/c1-13-4-2-5-14(10-13)11-18(24)23-8-7-15-17(12-23)27-20(21-15)22-19(25)16-6-3-9-26-16/h2-6,9-10H,7-8,11-12H2,1H3,(H,21,22,25). The summed E-state index contributed by atoms with van der Waals surface area (Å²) in [7, 11) is 0. The number of aryl methyl sites for hydroxylation is 1. The van der Waals surface area contributed by atoms with Gasteiger partial charge in [0.2, 0.25) is 5.91 Å². The second-order valence-corrected chi connectivity index (χ2v) is 7.64. The van der Waals surface area contributed by atoms with E-state index in [1.165, 1.54) is 17.6 Å². The number of furan rings is 1. The van der Waals surface area contributed by atoms with E-state index in [1.54, 1.807) is 12.1 Å². The van der Waals surface area contributed by atoms with Gasteiger partial charge in [0.25, 0.3) is 5.91 Å². The molecular weight excluding hydrogens is 362 g/mol. The first-order valence-corrected chi connectivity index (χ1v) is 9.57. The molecule has 1 N–H and O–H groups in total. The third kappa shape index (κ3) is 3.93. The first-order chi connectivity index (χ1) is 13.1. The van der Waals surface area contributed by atoms with Gasteiger partial charge in [0.05, 0.1) is 24.9 Å². The molecule has 0 spiro atoms. The molecule has 27 heavy (non-hydrogen) atoms. The summed E-state index contributed by atoms with van der Waals surface area (Å²) in [6.45, 7) is 3.21. The third-order valence-corrected chi connectivity index (χ3v) is 5.49. The maximum atomic E-state index is 12.7. The maximum absolute atomic E-state index is 12.7. The highest BCUT2D eigenvalue weighted by molar-refractivity contribution is 7.15. The Kier molecular flexibility index (Phi) is 4.77. The highest BCUT2D eigenvalue weighted by Gasteiger charge is 2.25. The molecule has 3 heterocycles. The summed E-state index contributed by atoms with van der Waals surface area (Å²) in [6.07, 6.45) is 2.55. The lowest BCUT2D eigenvalue weighted by atomic mass is 10.1. The van der Waals surface area contributed by atoms with Crippen LogP contribution in [0.4, 0.5) is 5.13 Å². The lowest BCUT2D eigenvalue weighted by Crippen LogP contribution is -2.36. The molecule has 2 aromatic heterocycles. The van der Waals surface area contributed by atoms with Crippen molar-refractivity contribution in [2.45, 2.75) is 26.3 Å². The molecule has 0 radical (unpaired) electrons. The van der Waals surface area contributed by atoms with E-state index in [9.17, 15) is 9.59 Å². The van der Waals surface area contributed by atoms with E-state index in [4.69, 9.17) is 4.42 Å². The zero-order valence-electron chi connectivity index (χ0n) is 14.9. The first kappa shape index (κ1) is 17.5. The summed E-state index contributed by atoms with van der Waals surface area (Å²) in [4.78, 5) is 32.1. The monoisotopic (exact) mass is 381 g/mol. The van der Waals surface area contributed by atoms with Crippen LogP contribution < -0.4 is 5.32 Å². The van der Waals surface area contributed by atoms with Gasteiger partial charge in [0, 0.05) is 17.8 Å². The van der Waals surface area contributed by atoms with Gasteiger partial charge in [-0.2, -0.15) is 0 Å². The van der Waals surface area contributed by atoms with E-state index >= 15 is 0 Å². The molecule has 0 saturated carbocycles. The largest absolute Gasteiger partial charge is 0.459 e. The van der Waals surface area contributed by atoms with Crippen molar-refractivity contribution in [2.75, 3.05) is 11.9 Å². The van der Waals surface area contributed by atoms with Crippen molar-refractivity contribution in [1.82, 2.24) is 9.88 Å². The summed E-state index contributed by atoms with van der Waals surface area (Å²) in [5.74, 6) is 0.0393. The molecule has 6 nitrogen and oxygen atoms in total. The average molecular weight is 381 g/mol. The minimum absolute atomic E-state index is 0.112. The fraction of sp³-hybridized carbons (Fsp3) is 0.250. The van der Waals surface area contributed by atoms with Crippen molar-refractivity contribution in [1.29, 1.82) is 0 Å². The second kappa shape index (κ2) is 7.36. The summed E-state index contributed by atoms with van der Waals surface area (Å²) < 4.78 is 5.09. The van der Waals surface area contributed by atoms with E-state index in [1.807, 2.05) is 36.1 Å². The number of nitrogens with zero attached hydrogens (tertiary/aromatic N) is 2. The van der Waals surface area contributed by atoms with E-state index in [2.05, 4.69) is 10.3 Å². The number of thiazole rings is 1. The van der Waals surface area contributed by atoms with Crippen molar-refractivity contribution < 1.29 is 14.0 Å². The zero-order valence-corrected chi connectivity index (χ0v) is 15.7. The smallest absolute Gasteiger partial charge is 0.293 e. The van der Waals surface area contributed by atoms with E-state index < -0.39 is 0 Å². The van der Waals surface area contributed by atoms with Gasteiger partial charge in [0.1, 0.15) is 0 Å². The fourth-order valence-electron chi connectivity index (χ4n) is 3.14. The van der Waals surface area contributed by atoms with Crippen molar-refractivity contribution in [3.05, 3.63) is 70.1 Å². The van der Waals surface area contributed by atoms with Gasteiger partial charge in [0.15, 0.2) is 10.9 Å². The van der Waals surface area contributed by atoms with Crippen LogP contribution in [-0.4, -0.2) is 28.2 Å². The fourth-order valence-corrected chi connectivity index (χ4v) is 4.16. The summed E-state index contributed by atoms with van der Waals surface area (Å²) in [6, 6.07) is 11.3. The highest BCUT2D eigenvalue weighted by atomic mass is 32.1. The molecule has 1 aliphatic rings. The number of hydrogen-bond acceptors (Lipinski definition) is 5. The predicted octanol–water partition coefficient (Wildman–Crippen LogP) is 3.42. The number of rotatable bonds is 4. The van der Waals surface area contributed by atoms with E-state index in [0.29, 0.717) is 31.1 Å². The first-order valence-electron chi connectivity index (χ1n) is 8.75. The SMILES string of the molecule is Cc1cccc(CC(=O)N2CCc3nc(NC(=O)c4ccco4)sc3C2)c1. The second-order valence-electron chi connectivity index (χ2n) is 6.55. The van der Waals surface area contributed by atoms with Crippen molar-refractivity contribution in [2.24, 2.45) is 0 Å². The molecule has 2 amide bonds. The number of amides is 2. The Hall–Kier alpha value is -2.93. The number of benzene rings is 1. The van der Waals surface area contributed by atoms with Gasteiger partial charge in [-0.1, -0.05) is 41.2 Å². The van der Waals surface area contributed by atoms with Gasteiger partial charge in [-0.25, -0.2) is 4.98 Å². The highest BCUT2D eigenvalue weighted by Crippen LogP contribution is 2.29. The molecule has 0 fully saturated rings. The van der Waals surface area contributed by atoms with Crippen LogP contribution in [0.2, 0.25) is 0 Å². The summed E-state index contributed by atoms with van der Waals surface area (Å²) in [5, 5.41) is 3.30. The quantitative estimate of drug-likeness (QED) is 0.751. The molecule has 7 heteroatoms. The third-order valence-electron chi connectivity index (χ3n) is 4.49. The molecule has 0 aliphatic carbocycles. The number of hydrogen-bond donors (Lipinski definition) is 1. The number of aromatic nitrogens is 1. The zero-order chi connectivity index (χ0) is 18.8. The lowest BCUT2D eigenvalue weighted by molar-refractivity contribution is -0.131. The number of fused-ring (bicyclic) bond motifs is 1. The Morgan fingerprint density at radius 1 is 1.30 bits per heavy atom. The summed E-state index contributed by atoms with van der Waals surface area (Å²) in [5.41, 5.74) is 3.14. The van der Waals surface area contributed by atoms with Crippen molar-refractivity contribution >= 4 is 28.3 Å². The molecular formula is C20H19N3O3S. The van der Waals surface area contributed by atoms with Crippen LogP contribution in [0.25, 0.3) is 0 Å². The molecule has 4 rings (SSSR count). The van der Waals surface area contributed by atoms with Gasteiger partial charge < -0.3 is 9.32 Å². The van der Waals surface area contributed by atoms with Crippen LogP contribution in [0, 0.1) is 6.92 Å². The van der Waals surface area contributed by atoms with Crippen LogP contribution in [0.1, 0.15) is 32.3 Å². The predicted molar refractivity (Wildman–Crippen MR) is 103 cm³/mol. The minimum Gasteiger partial charge on any atom is -0.459 e. The average Bonchev–Trinajstić information content (AvgIpc) is 3.30. The minimum atomic E-state index is -0.321. The molecule has 1 aromatic carbocycles. The van der Waals surface area contributed by atoms with Gasteiger partial charge in [-0.05, 0) is 24.6 Å². The topological polar surface area (TPSA) is 75.4 Å². The Balaban J connectivity index is 1.41. The Morgan fingerprint density at radius 3 is 2.96 bits per heavy atom. The molecule has 138 valence electrons. The molecule has 0 saturated heterocycles. The normalized spacial score (nSPS) is 13.3. The Morgan fingerprint density at radius 2 is 2.19 bits per heavy atom. The molecule has 1 aliphatic heterocycles. The number of nitrogens with one attached hydrogen (secondary N) is 1. The van der Waals surface area contributed by atoms with Crippen molar-refractivity contribution in [3.8, 4) is 0 Å². The van der Waals surface area contributed by atoms with Crippen LogP contribution in [0.15, 0.2) is 47.1 Å². The molecule has 0 unspecified atom stereocenters. The summed E-state index contributed by atoms with van der Waals surface area (Å²) >= 11 is 1.41. The van der Waals surface area contributed by atoms with Crippen LogP contribution >= 0.6 is 11.3 Å². The van der Waals surface area contributed by atoms with Crippen LogP contribution in [-0.2, 0) is 24.2 Å².